The van der Waals surface area contributed by atoms with Gasteiger partial charge in [0.2, 0.25) is 5.91 Å². The van der Waals surface area contributed by atoms with Gasteiger partial charge < -0.3 is 24.3 Å². The molecule has 4 heterocycles. The van der Waals surface area contributed by atoms with E-state index in [2.05, 4.69) is 20.0 Å². The predicted octanol–water partition coefficient (Wildman–Crippen LogP) is 1.82. The number of carbonyl (C=O) groups is 1. The Morgan fingerprint density at radius 1 is 1.06 bits per heavy atom. The molecule has 4 rings (SSSR count). The largest absolute Gasteiger partial charge is 0.469 e. The molecule has 1 aromatic heterocycles. The van der Waals surface area contributed by atoms with Crippen LogP contribution < -0.4 is 5.32 Å². The second kappa shape index (κ2) is 12.3. The minimum absolute atomic E-state index is 0.298. The first-order valence-electron chi connectivity index (χ1n) is 12.4. The number of guanidine groups is 1. The van der Waals surface area contributed by atoms with Crippen LogP contribution in [0.1, 0.15) is 37.9 Å². The van der Waals surface area contributed by atoms with Crippen LogP contribution in [0.15, 0.2) is 27.8 Å². The molecule has 3 aliphatic rings. The Hall–Kier alpha value is -2.06. The Morgan fingerprint density at radius 3 is 2.56 bits per heavy atom. The molecule has 0 aliphatic carbocycles. The molecule has 32 heavy (non-hydrogen) atoms. The van der Waals surface area contributed by atoms with E-state index in [1.165, 1.54) is 12.8 Å². The number of nitrogens with one attached hydrogen (secondary N) is 1. The number of hydrogen-bond donors (Lipinski definition) is 1. The van der Waals surface area contributed by atoms with Crippen LogP contribution in [-0.4, -0.2) is 98.7 Å². The fraction of sp³-hybridized carbons (Fsp3) is 0.750. The van der Waals surface area contributed by atoms with Crippen molar-refractivity contribution in [3.05, 3.63) is 24.2 Å². The minimum Gasteiger partial charge on any atom is -0.469 e. The standard InChI is InChI=1S/C24H39N5O3/c30-23(28-10-3-1-2-4-11-28)19-27-12-14-29(15-13-27)24(26-18-21-8-17-31-20-21)25-9-7-22-6-5-16-32-22/h5-6,16,21H,1-4,7-15,17-20H2,(H,25,26). The number of piperazine rings is 1. The van der Waals surface area contributed by atoms with Gasteiger partial charge in [0, 0.05) is 71.3 Å². The molecule has 1 aromatic rings. The second-order valence-corrected chi connectivity index (χ2v) is 9.21. The van der Waals surface area contributed by atoms with Crippen molar-refractivity contribution < 1.29 is 13.9 Å². The molecule has 1 atom stereocenters. The van der Waals surface area contributed by atoms with Gasteiger partial charge in [0.1, 0.15) is 5.76 Å². The van der Waals surface area contributed by atoms with Crippen LogP contribution in [0.4, 0.5) is 0 Å². The Morgan fingerprint density at radius 2 is 1.88 bits per heavy atom. The van der Waals surface area contributed by atoms with Crippen molar-refractivity contribution in [2.24, 2.45) is 10.9 Å². The van der Waals surface area contributed by atoms with Crippen molar-refractivity contribution in [3.63, 3.8) is 0 Å². The van der Waals surface area contributed by atoms with Gasteiger partial charge in [-0.25, -0.2) is 0 Å². The number of carbonyl (C=O) groups excluding carboxylic acids is 1. The topological polar surface area (TPSA) is 73.5 Å². The number of rotatable bonds is 7. The predicted molar refractivity (Wildman–Crippen MR) is 125 cm³/mol. The maximum atomic E-state index is 12.8. The van der Waals surface area contributed by atoms with E-state index in [-0.39, 0.29) is 0 Å². The highest BCUT2D eigenvalue weighted by Gasteiger charge is 2.24. The fourth-order valence-corrected chi connectivity index (χ4v) is 4.69. The molecule has 8 nitrogen and oxygen atoms in total. The first-order chi connectivity index (χ1) is 15.8. The Bertz CT molecular complexity index is 701. The third-order valence-electron chi connectivity index (χ3n) is 6.75. The van der Waals surface area contributed by atoms with Gasteiger partial charge in [0.15, 0.2) is 5.96 Å². The highest BCUT2D eigenvalue weighted by atomic mass is 16.5. The van der Waals surface area contributed by atoms with Gasteiger partial charge in [0.05, 0.1) is 19.4 Å². The summed E-state index contributed by atoms with van der Waals surface area (Å²) in [7, 11) is 0. The summed E-state index contributed by atoms with van der Waals surface area (Å²) in [5.41, 5.74) is 0. The Labute approximate surface area is 192 Å². The quantitative estimate of drug-likeness (QED) is 0.510. The normalized spacial score (nSPS) is 23.4. The van der Waals surface area contributed by atoms with Crippen molar-refractivity contribution in [1.29, 1.82) is 0 Å². The zero-order chi connectivity index (χ0) is 22.0. The Balaban J connectivity index is 1.26. The van der Waals surface area contributed by atoms with E-state index in [0.717, 1.165) is 103 Å². The van der Waals surface area contributed by atoms with Crippen LogP contribution >= 0.6 is 0 Å². The number of furan rings is 1. The number of hydrogen-bond acceptors (Lipinski definition) is 5. The highest BCUT2D eigenvalue weighted by Crippen LogP contribution is 2.14. The molecule has 8 heteroatoms. The van der Waals surface area contributed by atoms with Gasteiger partial charge in [0.25, 0.3) is 0 Å². The van der Waals surface area contributed by atoms with E-state index in [1.807, 2.05) is 12.1 Å². The van der Waals surface area contributed by atoms with Gasteiger partial charge >= 0.3 is 0 Å². The molecular formula is C24H39N5O3. The van der Waals surface area contributed by atoms with Crippen LogP contribution in [0.3, 0.4) is 0 Å². The van der Waals surface area contributed by atoms with Gasteiger partial charge in [-0.05, 0) is 31.4 Å². The van der Waals surface area contributed by atoms with Crippen LogP contribution in [-0.2, 0) is 16.0 Å². The van der Waals surface area contributed by atoms with Gasteiger partial charge in [-0.2, -0.15) is 0 Å². The fourth-order valence-electron chi connectivity index (χ4n) is 4.69. The smallest absolute Gasteiger partial charge is 0.236 e. The summed E-state index contributed by atoms with van der Waals surface area (Å²) < 4.78 is 11.0. The Kier molecular flexibility index (Phi) is 8.85. The van der Waals surface area contributed by atoms with Crippen molar-refractivity contribution in [3.8, 4) is 0 Å². The van der Waals surface area contributed by atoms with E-state index >= 15 is 0 Å². The van der Waals surface area contributed by atoms with Crippen molar-refractivity contribution >= 4 is 11.9 Å². The summed E-state index contributed by atoms with van der Waals surface area (Å²) in [4.78, 5) is 24.4. The van der Waals surface area contributed by atoms with E-state index in [9.17, 15) is 4.79 Å². The molecule has 3 fully saturated rings. The van der Waals surface area contributed by atoms with E-state index in [1.54, 1.807) is 6.26 Å². The summed E-state index contributed by atoms with van der Waals surface area (Å²) in [6, 6.07) is 3.94. The molecule has 0 saturated carbocycles. The van der Waals surface area contributed by atoms with Crippen molar-refractivity contribution in [2.45, 2.75) is 38.5 Å². The van der Waals surface area contributed by atoms with Crippen LogP contribution in [0.5, 0.6) is 0 Å². The molecule has 1 unspecified atom stereocenters. The zero-order valence-electron chi connectivity index (χ0n) is 19.3. The summed E-state index contributed by atoms with van der Waals surface area (Å²) >= 11 is 0. The first-order valence-corrected chi connectivity index (χ1v) is 12.4. The van der Waals surface area contributed by atoms with Crippen LogP contribution in [0.2, 0.25) is 0 Å². The molecule has 0 aromatic carbocycles. The molecule has 1 N–H and O–H groups in total. The monoisotopic (exact) mass is 445 g/mol. The summed E-state index contributed by atoms with van der Waals surface area (Å²) in [5.74, 6) is 2.77. The van der Waals surface area contributed by atoms with Gasteiger partial charge in [-0.15, -0.1) is 0 Å². The number of aliphatic imine (C=N–C) groups is 1. The number of amides is 1. The number of ether oxygens (including phenoxy) is 1. The molecule has 178 valence electrons. The highest BCUT2D eigenvalue weighted by molar-refractivity contribution is 5.80. The average molecular weight is 446 g/mol. The second-order valence-electron chi connectivity index (χ2n) is 9.21. The zero-order valence-corrected chi connectivity index (χ0v) is 19.3. The summed E-state index contributed by atoms with van der Waals surface area (Å²) in [6.07, 6.45) is 8.45. The first kappa shape index (κ1) is 23.1. The lowest BCUT2D eigenvalue weighted by Crippen LogP contribution is -2.54. The molecule has 1 amide bonds. The van der Waals surface area contributed by atoms with E-state index in [4.69, 9.17) is 14.1 Å². The lowest BCUT2D eigenvalue weighted by molar-refractivity contribution is -0.132. The van der Waals surface area contributed by atoms with Gasteiger partial charge in [-0.3, -0.25) is 14.7 Å². The molecular weight excluding hydrogens is 406 g/mol. The van der Waals surface area contributed by atoms with Gasteiger partial charge in [-0.1, -0.05) is 12.8 Å². The number of likely N-dealkylation sites (tertiary alicyclic amines) is 1. The van der Waals surface area contributed by atoms with E-state index < -0.39 is 0 Å². The maximum absolute atomic E-state index is 12.8. The maximum Gasteiger partial charge on any atom is 0.236 e. The molecule has 3 aliphatic heterocycles. The van der Waals surface area contributed by atoms with E-state index in [0.29, 0.717) is 18.4 Å². The molecule has 0 spiro atoms. The van der Waals surface area contributed by atoms with Crippen molar-refractivity contribution in [2.75, 3.05) is 72.1 Å². The average Bonchev–Trinajstić information content (AvgIpc) is 3.46. The SMILES string of the molecule is O=C(CN1CCN(C(=NCC2CCOC2)NCCc2ccco2)CC1)N1CCCCCC1. The van der Waals surface area contributed by atoms with Crippen LogP contribution in [0.25, 0.3) is 0 Å². The molecule has 0 radical (unpaired) electrons. The lowest BCUT2D eigenvalue weighted by atomic mass is 10.1. The molecule has 3 saturated heterocycles. The van der Waals surface area contributed by atoms with Crippen LogP contribution in [0, 0.1) is 5.92 Å². The minimum atomic E-state index is 0.298. The van der Waals surface area contributed by atoms with Crippen molar-refractivity contribution in [1.82, 2.24) is 20.0 Å². The third kappa shape index (κ3) is 6.97. The molecule has 0 bridgehead atoms. The lowest BCUT2D eigenvalue weighted by Gasteiger charge is -2.37. The third-order valence-corrected chi connectivity index (χ3v) is 6.75. The summed E-state index contributed by atoms with van der Waals surface area (Å²) in [5, 5.41) is 3.55. The summed E-state index contributed by atoms with van der Waals surface area (Å²) in [6.45, 7) is 9.24. The number of nitrogens with zero attached hydrogens (tertiary/aromatic N) is 4.